The van der Waals surface area contributed by atoms with Crippen LogP contribution < -0.4 is 10.2 Å². The third-order valence-corrected chi connectivity index (χ3v) is 6.81. The number of rotatable bonds is 8. The number of anilines is 1. The van der Waals surface area contributed by atoms with E-state index in [0.717, 1.165) is 54.5 Å². The summed E-state index contributed by atoms with van der Waals surface area (Å²) in [4.78, 5) is 16.1. The van der Waals surface area contributed by atoms with Gasteiger partial charge >= 0.3 is 0 Å². The van der Waals surface area contributed by atoms with Crippen LogP contribution in [0.1, 0.15) is 31.7 Å². The van der Waals surface area contributed by atoms with Crippen molar-refractivity contribution in [3.8, 4) is 0 Å². The molecule has 2 aromatic carbocycles. The summed E-state index contributed by atoms with van der Waals surface area (Å²) in [6.07, 6.45) is 3.63. The Balaban J connectivity index is 1.21. The number of nitrogens with zero attached hydrogens (tertiary/aromatic N) is 3. The molecule has 1 fully saturated rings. The average molecular weight is 447 g/mol. The highest BCUT2D eigenvalue weighted by molar-refractivity contribution is 7.99. The molecule has 1 unspecified atom stereocenters. The number of nitrogens with one attached hydrogen (secondary N) is 1. The minimum absolute atomic E-state index is 0.0753. The fourth-order valence-corrected chi connectivity index (χ4v) is 4.73. The van der Waals surface area contributed by atoms with E-state index < -0.39 is 0 Å². The number of benzene rings is 2. The van der Waals surface area contributed by atoms with Crippen LogP contribution in [0.15, 0.2) is 82.7 Å². The van der Waals surface area contributed by atoms with Gasteiger partial charge in [-0.25, -0.2) is 0 Å². The van der Waals surface area contributed by atoms with E-state index >= 15 is 0 Å². The van der Waals surface area contributed by atoms with Gasteiger partial charge in [-0.2, -0.15) is 0 Å². The monoisotopic (exact) mass is 446 g/mol. The van der Waals surface area contributed by atoms with Crippen molar-refractivity contribution in [2.75, 3.05) is 18.0 Å². The predicted octanol–water partition coefficient (Wildman–Crippen LogP) is 4.98. The summed E-state index contributed by atoms with van der Waals surface area (Å²) < 4.78 is 0. The molecular weight excluding hydrogens is 416 g/mol. The minimum atomic E-state index is 0.0753. The maximum absolute atomic E-state index is 12.7. The largest absolute Gasteiger partial charge is 0.355 e. The zero-order valence-corrected chi connectivity index (χ0v) is 19.3. The van der Waals surface area contributed by atoms with Gasteiger partial charge in [0.15, 0.2) is 5.82 Å². The molecule has 1 aliphatic rings. The third-order valence-electron chi connectivity index (χ3n) is 5.88. The summed E-state index contributed by atoms with van der Waals surface area (Å²) in [5.41, 5.74) is 1.32. The van der Waals surface area contributed by atoms with E-state index in [1.807, 2.05) is 36.4 Å². The van der Waals surface area contributed by atoms with Crippen molar-refractivity contribution in [1.82, 2.24) is 15.5 Å². The first-order chi connectivity index (χ1) is 15.7. The number of amides is 1. The van der Waals surface area contributed by atoms with Gasteiger partial charge in [0.25, 0.3) is 0 Å². The van der Waals surface area contributed by atoms with Crippen molar-refractivity contribution in [1.29, 1.82) is 0 Å². The smallest absolute Gasteiger partial charge is 0.223 e. The Labute approximate surface area is 194 Å². The Morgan fingerprint density at radius 2 is 1.69 bits per heavy atom. The molecule has 1 aliphatic heterocycles. The van der Waals surface area contributed by atoms with Crippen molar-refractivity contribution in [2.45, 2.75) is 48.6 Å². The summed E-state index contributed by atoms with van der Waals surface area (Å²) in [6.45, 7) is 3.76. The predicted molar refractivity (Wildman–Crippen MR) is 130 cm³/mol. The molecule has 0 aliphatic carbocycles. The second-order valence-corrected chi connectivity index (χ2v) is 9.43. The Kier molecular flexibility index (Phi) is 7.77. The van der Waals surface area contributed by atoms with Crippen LogP contribution in [0.5, 0.6) is 0 Å². The lowest BCUT2D eigenvalue weighted by atomic mass is 9.95. The number of piperidine rings is 1. The molecule has 166 valence electrons. The average Bonchev–Trinajstić information content (AvgIpc) is 2.85. The summed E-state index contributed by atoms with van der Waals surface area (Å²) in [6, 6.07) is 24.9. The van der Waals surface area contributed by atoms with Crippen molar-refractivity contribution in [3.63, 3.8) is 0 Å². The normalized spacial score (nSPS) is 15.3. The van der Waals surface area contributed by atoms with Crippen LogP contribution in [-0.4, -0.2) is 35.2 Å². The number of aryl methyl sites for hydroxylation is 1. The third kappa shape index (κ3) is 6.33. The van der Waals surface area contributed by atoms with E-state index in [9.17, 15) is 4.79 Å². The van der Waals surface area contributed by atoms with Crippen molar-refractivity contribution >= 4 is 23.5 Å². The fraction of sp³-hybridized carbons (Fsp3) is 0.346. The molecule has 0 radical (unpaired) electrons. The number of aromatic nitrogens is 2. The molecule has 1 N–H and O–H groups in total. The molecule has 0 saturated carbocycles. The molecule has 2 heterocycles. The highest BCUT2D eigenvalue weighted by atomic mass is 32.2. The quantitative estimate of drug-likeness (QED) is 0.529. The number of carbonyl (C=O) groups excluding carboxylic acids is 1. The molecule has 1 atom stereocenters. The first-order valence-corrected chi connectivity index (χ1v) is 12.1. The van der Waals surface area contributed by atoms with Gasteiger partial charge in [0, 0.05) is 29.9 Å². The zero-order valence-electron chi connectivity index (χ0n) is 18.5. The molecule has 6 heteroatoms. The SMILES string of the molecule is CC(CCc1ccccc1)NC(=O)C1CCN(c2ccc(Sc3ccccc3)nn2)CC1. The van der Waals surface area contributed by atoms with Crippen LogP contribution in [0.25, 0.3) is 0 Å². The Morgan fingerprint density at radius 1 is 1.00 bits per heavy atom. The Bertz CT molecular complexity index is 974. The second kappa shape index (κ2) is 11.1. The van der Waals surface area contributed by atoms with Gasteiger partial charge in [-0.3, -0.25) is 4.79 Å². The Morgan fingerprint density at radius 3 is 2.34 bits per heavy atom. The lowest BCUT2D eigenvalue weighted by molar-refractivity contribution is -0.126. The van der Waals surface area contributed by atoms with E-state index in [1.54, 1.807) is 11.8 Å². The highest BCUT2D eigenvalue weighted by Crippen LogP contribution is 2.27. The summed E-state index contributed by atoms with van der Waals surface area (Å²) in [5, 5.41) is 12.9. The van der Waals surface area contributed by atoms with Gasteiger partial charge in [0.2, 0.25) is 5.91 Å². The van der Waals surface area contributed by atoms with Gasteiger partial charge in [-0.05, 0) is 62.4 Å². The number of hydrogen-bond donors (Lipinski definition) is 1. The maximum Gasteiger partial charge on any atom is 0.223 e. The highest BCUT2D eigenvalue weighted by Gasteiger charge is 2.26. The summed E-state index contributed by atoms with van der Waals surface area (Å²) in [7, 11) is 0. The van der Waals surface area contributed by atoms with Crippen LogP contribution in [0.2, 0.25) is 0 Å². The van der Waals surface area contributed by atoms with Crippen molar-refractivity contribution in [3.05, 3.63) is 78.4 Å². The van der Waals surface area contributed by atoms with Crippen LogP contribution >= 0.6 is 11.8 Å². The van der Waals surface area contributed by atoms with Crippen molar-refractivity contribution < 1.29 is 4.79 Å². The lowest BCUT2D eigenvalue weighted by Crippen LogP contribution is -2.43. The molecule has 0 spiro atoms. The van der Waals surface area contributed by atoms with Crippen molar-refractivity contribution in [2.24, 2.45) is 5.92 Å². The molecule has 0 bridgehead atoms. The van der Waals surface area contributed by atoms with E-state index in [1.165, 1.54) is 5.56 Å². The molecule has 32 heavy (non-hydrogen) atoms. The summed E-state index contributed by atoms with van der Waals surface area (Å²) in [5.74, 6) is 1.15. The first kappa shape index (κ1) is 22.3. The molecule has 3 aromatic rings. The van der Waals surface area contributed by atoms with Gasteiger partial charge < -0.3 is 10.2 Å². The lowest BCUT2D eigenvalue weighted by Gasteiger charge is -2.32. The van der Waals surface area contributed by atoms with Gasteiger partial charge in [-0.15, -0.1) is 10.2 Å². The molecular formula is C26H30N4OS. The second-order valence-electron chi connectivity index (χ2n) is 8.34. The fourth-order valence-electron chi connectivity index (χ4n) is 3.98. The van der Waals surface area contributed by atoms with Gasteiger partial charge in [0.1, 0.15) is 5.03 Å². The zero-order chi connectivity index (χ0) is 22.2. The van der Waals surface area contributed by atoms with Crippen LogP contribution in [0.4, 0.5) is 5.82 Å². The molecule has 5 nitrogen and oxygen atoms in total. The van der Waals surface area contributed by atoms with E-state index in [2.05, 4.69) is 63.7 Å². The molecule has 1 saturated heterocycles. The topological polar surface area (TPSA) is 58.1 Å². The van der Waals surface area contributed by atoms with Gasteiger partial charge in [0.05, 0.1) is 0 Å². The number of hydrogen-bond acceptors (Lipinski definition) is 5. The molecule has 4 rings (SSSR count). The van der Waals surface area contributed by atoms with Crippen LogP contribution in [0.3, 0.4) is 0 Å². The van der Waals surface area contributed by atoms with E-state index in [0.29, 0.717) is 0 Å². The van der Waals surface area contributed by atoms with E-state index in [4.69, 9.17) is 0 Å². The summed E-state index contributed by atoms with van der Waals surface area (Å²) >= 11 is 1.61. The number of carbonyl (C=O) groups is 1. The molecule has 1 amide bonds. The minimum Gasteiger partial charge on any atom is -0.355 e. The molecule has 1 aromatic heterocycles. The van der Waals surface area contributed by atoms with Crippen LogP contribution in [-0.2, 0) is 11.2 Å². The van der Waals surface area contributed by atoms with Crippen LogP contribution in [0, 0.1) is 5.92 Å². The maximum atomic E-state index is 12.7. The first-order valence-electron chi connectivity index (χ1n) is 11.3. The standard InChI is InChI=1S/C26H30N4OS/c1-20(12-13-21-8-4-2-5-9-21)27-26(31)22-16-18-30(19-17-22)24-14-15-25(29-28-24)32-23-10-6-3-7-11-23/h2-11,14-15,20,22H,12-13,16-19H2,1H3,(H,27,31). The Hall–Kier alpha value is -2.86. The van der Waals surface area contributed by atoms with E-state index in [-0.39, 0.29) is 17.9 Å². The van der Waals surface area contributed by atoms with Gasteiger partial charge in [-0.1, -0.05) is 60.3 Å².